The fraction of sp³-hybridized carbons (Fsp3) is 0.889. The van der Waals surface area contributed by atoms with Crippen LogP contribution in [0.4, 0.5) is 0 Å². The molecule has 5 heteroatoms. The molecular weight excluding hydrogens is 290 g/mol. The second kappa shape index (κ2) is 4.29. The minimum atomic E-state index is -0.594. The van der Waals surface area contributed by atoms with E-state index < -0.39 is 11.6 Å². The van der Waals surface area contributed by atoms with Gasteiger partial charge in [0.15, 0.2) is 0 Å². The van der Waals surface area contributed by atoms with E-state index in [4.69, 9.17) is 5.73 Å². The van der Waals surface area contributed by atoms with E-state index in [2.05, 4.69) is 6.07 Å². The van der Waals surface area contributed by atoms with Gasteiger partial charge in [0, 0.05) is 6.04 Å². The highest BCUT2D eigenvalue weighted by Gasteiger charge is 2.62. The number of fused-ring (bicyclic) bond motifs is 1. The zero-order chi connectivity index (χ0) is 16.0. The second-order valence-corrected chi connectivity index (χ2v) is 9.21. The maximum absolute atomic E-state index is 13.1. The lowest BCUT2D eigenvalue weighted by Gasteiger charge is -2.61. The van der Waals surface area contributed by atoms with Crippen molar-refractivity contribution in [1.82, 2.24) is 4.90 Å². The van der Waals surface area contributed by atoms with Crippen molar-refractivity contribution in [2.45, 2.75) is 75.1 Å². The largest absolute Gasteiger partial charge is 0.390 e. The Bertz CT molecular complexity index is 598. The minimum Gasteiger partial charge on any atom is -0.390 e. The number of likely N-dealkylation sites (tertiary alicyclic amines) is 1. The van der Waals surface area contributed by atoms with Gasteiger partial charge in [-0.2, -0.15) is 5.26 Å². The highest BCUT2D eigenvalue weighted by Crippen LogP contribution is 2.63. The summed E-state index contributed by atoms with van der Waals surface area (Å²) in [6.07, 6.45) is 7.48. The van der Waals surface area contributed by atoms with Crippen LogP contribution in [0.2, 0.25) is 0 Å². The van der Waals surface area contributed by atoms with Crippen molar-refractivity contribution >= 4 is 5.91 Å². The number of nitriles is 1. The standard InChI is InChI=1S/C18H25N3O2/c19-8-13-2-12-3-14(12)21(13)16(22)15(20)17-4-10-1-11(5-17)7-18(23,6-10)9-17/h10-15,23H,1-7,9,20H2/t10-,11?,12+,13-,14-,15+,17?,18?/m0/s1. The van der Waals surface area contributed by atoms with Gasteiger partial charge in [0.2, 0.25) is 5.91 Å². The van der Waals surface area contributed by atoms with E-state index in [-0.39, 0.29) is 23.4 Å². The quantitative estimate of drug-likeness (QED) is 0.800. The molecule has 124 valence electrons. The summed E-state index contributed by atoms with van der Waals surface area (Å²) in [6, 6.07) is 1.72. The van der Waals surface area contributed by atoms with Gasteiger partial charge in [-0.05, 0) is 74.5 Å². The molecule has 0 aromatic carbocycles. The van der Waals surface area contributed by atoms with Crippen molar-refractivity contribution in [3.63, 3.8) is 0 Å². The van der Waals surface area contributed by atoms with Crippen LogP contribution in [0.15, 0.2) is 0 Å². The van der Waals surface area contributed by atoms with Crippen LogP contribution in [0, 0.1) is 34.5 Å². The first-order chi connectivity index (χ1) is 10.9. The number of amides is 1. The third-order valence-corrected chi connectivity index (χ3v) is 7.51. The highest BCUT2D eigenvalue weighted by atomic mass is 16.3. The number of aliphatic hydroxyl groups is 1. The van der Waals surface area contributed by atoms with Gasteiger partial charge < -0.3 is 15.7 Å². The van der Waals surface area contributed by atoms with Crippen LogP contribution >= 0.6 is 0 Å². The first kappa shape index (κ1) is 14.2. The summed E-state index contributed by atoms with van der Waals surface area (Å²) in [5.74, 6) is 1.56. The molecule has 0 aromatic rings. The summed E-state index contributed by atoms with van der Waals surface area (Å²) in [5.41, 5.74) is 5.71. The number of nitrogens with zero attached hydrogens (tertiary/aromatic N) is 2. The van der Waals surface area contributed by atoms with Crippen LogP contribution < -0.4 is 5.73 Å². The molecule has 3 unspecified atom stereocenters. The summed E-state index contributed by atoms with van der Waals surface area (Å²) in [4.78, 5) is 14.9. The molecule has 6 rings (SSSR count). The molecule has 3 N–H and O–H groups in total. The zero-order valence-corrected chi connectivity index (χ0v) is 13.4. The lowest BCUT2D eigenvalue weighted by atomic mass is 9.46. The van der Waals surface area contributed by atoms with Crippen molar-refractivity contribution < 1.29 is 9.90 Å². The molecule has 4 bridgehead atoms. The van der Waals surface area contributed by atoms with Crippen LogP contribution in [0.3, 0.4) is 0 Å². The zero-order valence-electron chi connectivity index (χ0n) is 13.4. The van der Waals surface area contributed by atoms with Gasteiger partial charge in [-0.3, -0.25) is 4.79 Å². The number of nitrogens with two attached hydrogens (primary N) is 1. The van der Waals surface area contributed by atoms with Gasteiger partial charge in [-0.1, -0.05) is 0 Å². The minimum absolute atomic E-state index is 0.0212. The molecule has 6 aliphatic rings. The van der Waals surface area contributed by atoms with Crippen molar-refractivity contribution in [2.75, 3.05) is 0 Å². The number of hydrogen-bond donors (Lipinski definition) is 2. The van der Waals surface area contributed by atoms with Crippen molar-refractivity contribution in [3.05, 3.63) is 0 Å². The molecule has 6 fully saturated rings. The highest BCUT2D eigenvalue weighted by molar-refractivity contribution is 5.84. The molecule has 5 nitrogen and oxygen atoms in total. The topological polar surface area (TPSA) is 90.4 Å². The molecular formula is C18H25N3O2. The Morgan fingerprint density at radius 1 is 1.22 bits per heavy atom. The van der Waals surface area contributed by atoms with E-state index in [0.29, 0.717) is 24.2 Å². The molecule has 5 saturated carbocycles. The molecule has 23 heavy (non-hydrogen) atoms. The van der Waals surface area contributed by atoms with Crippen molar-refractivity contribution in [1.29, 1.82) is 5.26 Å². The summed E-state index contributed by atoms with van der Waals surface area (Å²) in [6.45, 7) is 0. The number of rotatable bonds is 2. The molecule has 5 aliphatic carbocycles. The normalized spacial score (nSPS) is 53.8. The van der Waals surface area contributed by atoms with Crippen LogP contribution in [0.25, 0.3) is 0 Å². The molecule has 0 spiro atoms. The Hall–Kier alpha value is -1.12. The molecule has 1 amide bonds. The Morgan fingerprint density at radius 2 is 1.91 bits per heavy atom. The van der Waals surface area contributed by atoms with Crippen LogP contribution in [-0.2, 0) is 4.79 Å². The fourth-order valence-corrected chi connectivity index (χ4v) is 6.96. The average molecular weight is 315 g/mol. The average Bonchev–Trinajstić information content (AvgIpc) is 3.14. The van der Waals surface area contributed by atoms with Gasteiger partial charge >= 0.3 is 0 Å². The molecule has 1 saturated heterocycles. The number of hydrogen-bond acceptors (Lipinski definition) is 4. The lowest BCUT2D eigenvalue weighted by Crippen LogP contribution is -2.64. The fourth-order valence-electron chi connectivity index (χ4n) is 6.96. The summed E-state index contributed by atoms with van der Waals surface area (Å²) in [7, 11) is 0. The Kier molecular flexibility index (Phi) is 2.65. The van der Waals surface area contributed by atoms with E-state index >= 15 is 0 Å². The number of carbonyl (C=O) groups excluding carboxylic acids is 1. The maximum atomic E-state index is 13.1. The summed E-state index contributed by atoms with van der Waals surface area (Å²) < 4.78 is 0. The van der Waals surface area contributed by atoms with Gasteiger partial charge in [0.05, 0.1) is 17.7 Å². The number of carbonyl (C=O) groups is 1. The van der Waals surface area contributed by atoms with Crippen molar-refractivity contribution in [2.24, 2.45) is 28.9 Å². The van der Waals surface area contributed by atoms with E-state index in [1.165, 1.54) is 6.42 Å². The number of piperidine rings is 1. The van der Waals surface area contributed by atoms with E-state index in [0.717, 1.165) is 38.5 Å². The Balaban J connectivity index is 1.43. The van der Waals surface area contributed by atoms with Gasteiger partial charge in [0.25, 0.3) is 0 Å². The van der Waals surface area contributed by atoms with Gasteiger partial charge in [-0.25, -0.2) is 0 Å². The van der Waals surface area contributed by atoms with Gasteiger partial charge in [-0.15, -0.1) is 0 Å². The predicted octanol–water partition coefficient (Wildman–Crippen LogP) is 1.16. The maximum Gasteiger partial charge on any atom is 0.241 e. The third kappa shape index (κ3) is 1.88. The van der Waals surface area contributed by atoms with Crippen LogP contribution in [0.1, 0.15) is 51.4 Å². The van der Waals surface area contributed by atoms with E-state index in [1.54, 1.807) is 4.90 Å². The lowest BCUT2D eigenvalue weighted by molar-refractivity contribution is -0.177. The third-order valence-electron chi connectivity index (χ3n) is 7.51. The monoisotopic (exact) mass is 315 g/mol. The van der Waals surface area contributed by atoms with E-state index in [9.17, 15) is 15.2 Å². The Morgan fingerprint density at radius 3 is 2.52 bits per heavy atom. The predicted molar refractivity (Wildman–Crippen MR) is 82.8 cm³/mol. The molecule has 8 atom stereocenters. The van der Waals surface area contributed by atoms with Crippen LogP contribution in [-0.4, -0.2) is 39.6 Å². The SMILES string of the molecule is N#C[C@@H]1C[C@@H]2C[C@@H]2N1C(=O)[C@@H](N)C12CC3C[C@H](CC(O)(C3)C1)C2. The molecule has 0 radical (unpaired) electrons. The first-order valence-corrected chi connectivity index (χ1v) is 9.13. The molecule has 1 heterocycles. The second-order valence-electron chi connectivity index (χ2n) is 9.21. The summed E-state index contributed by atoms with van der Waals surface area (Å²) in [5, 5.41) is 20.2. The summed E-state index contributed by atoms with van der Waals surface area (Å²) >= 11 is 0. The molecule has 0 aromatic heterocycles. The van der Waals surface area contributed by atoms with Crippen LogP contribution in [0.5, 0.6) is 0 Å². The Labute approximate surface area is 136 Å². The molecule has 1 aliphatic heterocycles. The van der Waals surface area contributed by atoms with Gasteiger partial charge in [0.1, 0.15) is 6.04 Å². The smallest absolute Gasteiger partial charge is 0.241 e. The van der Waals surface area contributed by atoms with Crippen molar-refractivity contribution in [3.8, 4) is 6.07 Å². The van der Waals surface area contributed by atoms with E-state index in [1.807, 2.05) is 0 Å². The first-order valence-electron chi connectivity index (χ1n) is 9.13.